The van der Waals surface area contributed by atoms with E-state index in [4.69, 9.17) is 9.47 Å². The highest BCUT2D eigenvalue weighted by atomic mass is 19.1. The van der Waals surface area contributed by atoms with Crippen LogP contribution in [0.25, 0.3) is 0 Å². The van der Waals surface area contributed by atoms with Gasteiger partial charge in [0.2, 0.25) is 0 Å². The van der Waals surface area contributed by atoms with Crippen molar-refractivity contribution in [3.05, 3.63) is 22.5 Å². The molecule has 0 aliphatic carbocycles. The summed E-state index contributed by atoms with van der Waals surface area (Å²) < 4.78 is 23.6. The van der Waals surface area contributed by atoms with Crippen LogP contribution in [0.5, 0.6) is 11.5 Å². The summed E-state index contributed by atoms with van der Waals surface area (Å²) >= 11 is 0. The summed E-state index contributed by atoms with van der Waals surface area (Å²) in [5.74, 6) is -0.131. The van der Waals surface area contributed by atoms with Crippen LogP contribution in [-0.2, 0) is 0 Å². The summed E-state index contributed by atoms with van der Waals surface area (Å²) in [6, 6.07) is 0. The Morgan fingerprint density at radius 3 is 2.00 bits per heavy atom. The van der Waals surface area contributed by atoms with Crippen molar-refractivity contribution in [2.45, 2.75) is 13.8 Å². The lowest BCUT2D eigenvalue weighted by atomic mass is 10.0. The third-order valence-electron chi connectivity index (χ3n) is 2.38. The first kappa shape index (κ1) is 11.5. The molecule has 0 aromatic heterocycles. The number of hydrogen-bond donors (Lipinski definition) is 0. The summed E-state index contributed by atoms with van der Waals surface area (Å²) in [5, 5.41) is 0. The van der Waals surface area contributed by atoms with Crippen molar-refractivity contribution in [3.8, 4) is 11.5 Å². The van der Waals surface area contributed by atoms with Crippen LogP contribution in [0.3, 0.4) is 0 Å². The molecule has 1 rings (SSSR count). The molecule has 82 valence electrons. The zero-order chi connectivity index (χ0) is 11.6. The highest BCUT2D eigenvalue weighted by molar-refractivity contribution is 5.84. The molecule has 3 nitrogen and oxygen atoms in total. The van der Waals surface area contributed by atoms with Gasteiger partial charge in [0, 0.05) is 11.1 Å². The first-order valence-corrected chi connectivity index (χ1v) is 4.44. The Kier molecular flexibility index (Phi) is 3.29. The molecule has 1 aromatic rings. The van der Waals surface area contributed by atoms with E-state index in [1.54, 1.807) is 13.8 Å². The molecule has 0 atom stereocenters. The molecule has 0 amide bonds. The third kappa shape index (κ3) is 1.67. The summed E-state index contributed by atoms with van der Waals surface area (Å²) in [6.45, 7) is 3.16. The number of carbonyl (C=O) groups is 1. The number of hydrogen-bond acceptors (Lipinski definition) is 3. The molecular formula is C11H13FO3. The standard InChI is InChI=1S/C11H13FO3/c1-6-8(5-13)10(14-3)7(2)9(12)11(6)15-4/h5H,1-4H3. The van der Waals surface area contributed by atoms with Gasteiger partial charge in [0.1, 0.15) is 5.75 Å². The van der Waals surface area contributed by atoms with Crippen LogP contribution in [-0.4, -0.2) is 20.5 Å². The van der Waals surface area contributed by atoms with E-state index in [0.29, 0.717) is 17.4 Å². The number of carbonyl (C=O) groups excluding carboxylic acids is 1. The van der Waals surface area contributed by atoms with Crippen molar-refractivity contribution >= 4 is 6.29 Å². The molecule has 0 unspecified atom stereocenters. The van der Waals surface area contributed by atoms with Gasteiger partial charge in [-0.25, -0.2) is 4.39 Å². The quantitative estimate of drug-likeness (QED) is 0.721. The second-order valence-electron chi connectivity index (χ2n) is 3.16. The van der Waals surface area contributed by atoms with Gasteiger partial charge in [0.05, 0.1) is 19.8 Å². The van der Waals surface area contributed by atoms with Crippen LogP contribution in [0, 0.1) is 19.7 Å². The minimum atomic E-state index is -0.488. The van der Waals surface area contributed by atoms with Crippen LogP contribution >= 0.6 is 0 Å². The third-order valence-corrected chi connectivity index (χ3v) is 2.38. The van der Waals surface area contributed by atoms with Crippen LogP contribution in [0.15, 0.2) is 0 Å². The fourth-order valence-electron chi connectivity index (χ4n) is 1.58. The van der Waals surface area contributed by atoms with Gasteiger partial charge < -0.3 is 9.47 Å². The van der Waals surface area contributed by atoms with E-state index in [-0.39, 0.29) is 17.1 Å². The number of aldehydes is 1. The summed E-state index contributed by atoms with van der Waals surface area (Å²) in [7, 11) is 2.77. The van der Waals surface area contributed by atoms with Gasteiger partial charge in [-0.05, 0) is 13.8 Å². The number of methoxy groups -OCH3 is 2. The van der Waals surface area contributed by atoms with Crippen molar-refractivity contribution in [2.24, 2.45) is 0 Å². The minimum absolute atomic E-state index is 0.0930. The van der Waals surface area contributed by atoms with Gasteiger partial charge in [0.15, 0.2) is 17.9 Å². The van der Waals surface area contributed by atoms with Gasteiger partial charge in [-0.1, -0.05) is 0 Å². The van der Waals surface area contributed by atoms with Crippen molar-refractivity contribution in [3.63, 3.8) is 0 Å². The van der Waals surface area contributed by atoms with Gasteiger partial charge >= 0.3 is 0 Å². The molecule has 0 heterocycles. The van der Waals surface area contributed by atoms with E-state index in [0.717, 1.165) is 0 Å². The smallest absolute Gasteiger partial charge is 0.171 e. The molecule has 1 aromatic carbocycles. The molecule has 0 bridgehead atoms. The second-order valence-corrected chi connectivity index (χ2v) is 3.16. The molecule has 4 heteroatoms. The SMILES string of the molecule is COc1c(C)c(C=O)c(OC)c(C)c1F. The predicted molar refractivity (Wildman–Crippen MR) is 54.4 cm³/mol. The lowest BCUT2D eigenvalue weighted by Crippen LogP contribution is -2.03. The fraction of sp³-hybridized carbons (Fsp3) is 0.364. The Hall–Kier alpha value is -1.58. The maximum absolute atomic E-state index is 13.7. The van der Waals surface area contributed by atoms with Crippen molar-refractivity contribution in [2.75, 3.05) is 14.2 Å². The average molecular weight is 212 g/mol. The first-order chi connectivity index (χ1) is 7.08. The fourth-order valence-corrected chi connectivity index (χ4v) is 1.58. The Labute approximate surface area is 87.8 Å². The molecule has 0 aliphatic heterocycles. The molecule has 0 radical (unpaired) electrons. The van der Waals surface area contributed by atoms with Gasteiger partial charge in [-0.15, -0.1) is 0 Å². The molecule has 0 spiro atoms. The van der Waals surface area contributed by atoms with E-state index in [2.05, 4.69) is 0 Å². The molecule has 0 saturated heterocycles. The summed E-state index contributed by atoms with van der Waals surface area (Å²) in [4.78, 5) is 10.9. The predicted octanol–water partition coefficient (Wildman–Crippen LogP) is 2.27. The number of halogens is 1. The molecule has 0 N–H and O–H groups in total. The number of rotatable bonds is 3. The van der Waals surface area contributed by atoms with Crippen LogP contribution < -0.4 is 9.47 Å². The summed E-state index contributed by atoms with van der Waals surface area (Å²) in [6.07, 6.45) is 0.642. The van der Waals surface area contributed by atoms with Crippen molar-refractivity contribution in [1.29, 1.82) is 0 Å². The monoisotopic (exact) mass is 212 g/mol. The zero-order valence-electron chi connectivity index (χ0n) is 9.18. The van der Waals surface area contributed by atoms with E-state index >= 15 is 0 Å². The first-order valence-electron chi connectivity index (χ1n) is 4.44. The Morgan fingerprint density at radius 1 is 1.07 bits per heavy atom. The zero-order valence-corrected chi connectivity index (χ0v) is 9.18. The van der Waals surface area contributed by atoms with E-state index in [9.17, 15) is 9.18 Å². The van der Waals surface area contributed by atoms with Gasteiger partial charge in [-0.3, -0.25) is 4.79 Å². The minimum Gasteiger partial charge on any atom is -0.496 e. The van der Waals surface area contributed by atoms with Crippen LogP contribution in [0.4, 0.5) is 4.39 Å². The van der Waals surface area contributed by atoms with Gasteiger partial charge in [-0.2, -0.15) is 0 Å². The van der Waals surface area contributed by atoms with Crippen molar-refractivity contribution < 1.29 is 18.7 Å². The lowest BCUT2D eigenvalue weighted by Gasteiger charge is -2.15. The van der Waals surface area contributed by atoms with E-state index < -0.39 is 5.82 Å². The Balaban J connectivity index is 3.64. The highest BCUT2D eigenvalue weighted by Gasteiger charge is 2.20. The van der Waals surface area contributed by atoms with Crippen LogP contribution in [0.1, 0.15) is 21.5 Å². The largest absolute Gasteiger partial charge is 0.496 e. The van der Waals surface area contributed by atoms with Crippen LogP contribution in [0.2, 0.25) is 0 Å². The molecule has 0 saturated carbocycles. The van der Waals surface area contributed by atoms with Crippen molar-refractivity contribution in [1.82, 2.24) is 0 Å². The molecule has 15 heavy (non-hydrogen) atoms. The van der Waals surface area contributed by atoms with E-state index in [1.165, 1.54) is 14.2 Å². The topological polar surface area (TPSA) is 35.5 Å². The molecule has 0 aliphatic rings. The number of ether oxygens (including phenoxy) is 2. The average Bonchev–Trinajstić information content (AvgIpc) is 2.23. The Morgan fingerprint density at radius 2 is 1.60 bits per heavy atom. The highest BCUT2D eigenvalue weighted by Crippen LogP contribution is 2.35. The Bertz CT molecular complexity index is 400. The molecular weight excluding hydrogens is 199 g/mol. The maximum atomic E-state index is 13.7. The second kappa shape index (κ2) is 4.29. The number of benzene rings is 1. The van der Waals surface area contributed by atoms with Gasteiger partial charge in [0.25, 0.3) is 0 Å². The van der Waals surface area contributed by atoms with E-state index in [1.807, 2.05) is 0 Å². The lowest BCUT2D eigenvalue weighted by molar-refractivity contribution is 0.111. The molecule has 0 fully saturated rings. The summed E-state index contributed by atoms with van der Waals surface area (Å²) in [5.41, 5.74) is 1.06. The normalized spacial score (nSPS) is 9.93. The maximum Gasteiger partial charge on any atom is 0.171 e.